The molecule has 1 heterocycles. The van der Waals surface area contributed by atoms with Crippen LogP contribution >= 0.6 is 12.2 Å². The summed E-state index contributed by atoms with van der Waals surface area (Å²) < 4.78 is 0. The van der Waals surface area contributed by atoms with Crippen molar-refractivity contribution in [2.75, 3.05) is 13.1 Å². The van der Waals surface area contributed by atoms with E-state index in [0.29, 0.717) is 11.2 Å². The summed E-state index contributed by atoms with van der Waals surface area (Å²) in [5, 5.41) is 6.79. The quantitative estimate of drug-likeness (QED) is 0.218. The highest BCUT2D eigenvalue weighted by molar-refractivity contribution is 7.80. The van der Waals surface area contributed by atoms with Crippen LogP contribution in [0.1, 0.15) is 6.42 Å². The number of hydrazine groups is 1. The van der Waals surface area contributed by atoms with E-state index in [0.717, 1.165) is 19.5 Å². The minimum atomic E-state index is 0.448. The zero-order valence-electron chi connectivity index (χ0n) is 5.68. The third-order valence-corrected chi connectivity index (χ3v) is 1.76. The number of thiocarbonyl (C=S) groups is 1. The second-order valence-electron chi connectivity index (χ2n) is 2.31. The first-order chi connectivity index (χ1) is 4.83. The summed E-state index contributed by atoms with van der Waals surface area (Å²) in [5.74, 6) is 5.08. The molecule has 5 N–H and O–H groups in total. The lowest BCUT2D eigenvalue weighted by atomic mass is 10.3. The number of rotatable bonds is 1. The van der Waals surface area contributed by atoms with E-state index in [1.807, 2.05) is 0 Å². The fourth-order valence-corrected chi connectivity index (χ4v) is 1.17. The van der Waals surface area contributed by atoms with Crippen LogP contribution in [0.3, 0.4) is 0 Å². The molecule has 1 saturated heterocycles. The first-order valence-electron chi connectivity index (χ1n) is 3.31. The van der Waals surface area contributed by atoms with Crippen molar-refractivity contribution in [2.45, 2.75) is 12.5 Å². The van der Waals surface area contributed by atoms with Crippen LogP contribution in [0, 0.1) is 0 Å². The van der Waals surface area contributed by atoms with Crippen LogP contribution in [0.5, 0.6) is 0 Å². The van der Waals surface area contributed by atoms with Gasteiger partial charge < -0.3 is 16.1 Å². The van der Waals surface area contributed by atoms with Crippen LogP contribution in [0.2, 0.25) is 0 Å². The average molecular weight is 160 g/mol. The maximum atomic E-state index is 5.08. The van der Waals surface area contributed by atoms with Gasteiger partial charge in [-0.1, -0.05) is 0 Å². The topological polar surface area (TPSA) is 62.1 Å². The van der Waals surface area contributed by atoms with Crippen molar-refractivity contribution in [3.8, 4) is 0 Å². The molecular weight excluding hydrogens is 148 g/mol. The van der Waals surface area contributed by atoms with Crippen LogP contribution in [0.15, 0.2) is 0 Å². The lowest BCUT2D eigenvalue weighted by molar-refractivity contribution is 0.655. The molecule has 1 rings (SSSR count). The van der Waals surface area contributed by atoms with Crippen LogP contribution in [0.4, 0.5) is 0 Å². The van der Waals surface area contributed by atoms with Gasteiger partial charge in [-0.2, -0.15) is 0 Å². The van der Waals surface area contributed by atoms with E-state index in [1.165, 1.54) is 0 Å². The normalized spacial score (nSPS) is 24.3. The number of nitrogens with one attached hydrogen (secondary N) is 3. The molecule has 58 valence electrons. The molecule has 0 saturated carbocycles. The van der Waals surface area contributed by atoms with Crippen molar-refractivity contribution in [3.05, 3.63) is 0 Å². The Hall–Kier alpha value is -0.390. The van der Waals surface area contributed by atoms with Gasteiger partial charge in [-0.15, -0.1) is 0 Å². The summed E-state index contributed by atoms with van der Waals surface area (Å²) in [4.78, 5) is 0. The summed E-state index contributed by atoms with van der Waals surface area (Å²) in [6, 6.07) is 0.448. The monoisotopic (exact) mass is 160 g/mol. The third-order valence-electron chi connectivity index (χ3n) is 1.53. The molecular formula is C5H12N4S. The Morgan fingerprint density at radius 3 is 3.00 bits per heavy atom. The molecule has 0 aromatic rings. The van der Waals surface area contributed by atoms with E-state index < -0.39 is 0 Å². The highest BCUT2D eigenvalue weighted by Gasteiger charge is 2.13. The van der Waals surface area contributed by atoms with E-state index >= 15 is 0 Å². The Balaban J connectivity index is 2.17. The van der Waals surface area contributed by atoms with Crippen LogP contribution in [-0.4, -0.2) is 24.2 Å². The van der Waals surface area contributed by atoms with E-state index in [4.69, 9.17) is 18.1 Å². The molecule has 1 atom stereocenters. The van der Waals surface area contributed by atoms with Gasteiger partial charge >= 0.3 is 0 Å². The lowest BCUT2D eigenvalue weighted by Gasteiger charge is -2.11. The zero-order valence-corrected chi connectivity index (χ0v) is 6.50. The molecule has 0 aromatic heterocycles. The second kappa shape index (κ2) is 3.70. The van der Waals surface area contributed by atoms with Gasteiger partial charge in [-0.3, -0.25) is 0 Å². The molecule has 0 radical (unpaired) electrons. The summed E-state index contributed by atoms with van der Waals surface area (Å²) in [5.41, 5.74) is 2.38. The Morgan fingerprint density at radius 1 is 1.70 bits per heavy atom. The van der Waals surface area contributed by atoms with Crippen molar-refractivity contribution >= 4 is 17.3 Å². The number of hydrogen-bond acceptors (Lipinski definition) is 3. The van der Waals surface area contributed by atoms with E-state index in [1.54, 1.807) is 0 Å². The minimum absolute atomic E-state index is 0.448. The smallest absolute Gasteiger partial charge is 0.180 e. The summed E-state index contributed by atoms with van der Waals surface area (Å²) in [6.07, 6.45) is 1.11. The highest BCUT2D eigenvalue weighted by Crippen LogP contribution is 1.95. The van der Waals surface area contributed by atoms with Gasteiger partial charge in [0.15, 0.2) is 5.11 Å². The molecule has 10 heavy (non-hydrogen) atoms. The molecule has 1 aliphatic rings. The Morgan fingerprint density at radius 2 is 2.50 bits per heavy atom. The van der Waals surface area contributed by atoms with Crippen LogP contribution in [0.25, 0.3) is 0 Å². The number of nitrogens with two attached hydrogens (primary N) is 1. The van der Waals surface area contributed by atoms with Gasteiger partial charge in [-0.05, 0) is 25.2 Å². The Bertz CT molecular complexity index is 121. The fourth-order valence-electron chi connectivity index (χ4n) is 1.00. The van der Waals surface area contributed by atoms with E-state index in [9.17, 15) is 0 Å². The van der Waals surface area contributed by atoms with Gasteiger partial charge in [0.2, 0.25) is 0 Å². The van der Waals surface area contributed by atoms with Crippen molar-refractivity contribution in [1.29, 1.82) is 0 Å². The van der Waals surface area contributed by atoms with Gasteiger partial charge in [0, 0.05) is 12.6 Å². The largest absolute Gasteiger partial charge is 0.358 e. The van der Waals surface area contributed by atoms with E-state index in [2.05, 4.69) is 16.1 Å². The summed E-state index contributed by atoms with van der Waals surface area (Å²) in [6.45, 7) is 2.03. The van der Waals surface area contributed by atoms with E-state index in [-0.39, 0.29) is 0 Å². The number of hydrogen-bond donors (Lipinski definition) is 4. The van der Waals surface area contributed by atoms with Crippen molar-refractivity contribution < 1.29 is 0 Å². The SMILES string of the molecule is NNC(=S)NC1CCNC1. The van der Waals surface area contributed by atoms with Gasteiger partial charge in [-0.25, -0.2) is 5.84 Å². The maximum absolute atomic E-state index is 5.08. The Kier molecular flexibility index (Phi) is 2.85. The first-order valence-corrected chi connectivity index (χ1v) is 3.71. The molecule has 1 aliphatic heterocycles. The molecule has 4 nitrogen and oxygen atoms in total. The molecule has 5 heteroatoms. The van der Waals surface area contributed by atoms with Crippen molar-refractivity contribution in [3.63, 3.8) is 0 Å². The molecule has 0 aliphatic carbocycles. The standard InChI is InChI=1S/C5H12N4S/c6-9-5(10)8-4-1-2-7-3-4/h4,7H,1-3,6H2,(H2,8,9,10). The third kappa shape index (κ3) is 2.09. The lowest BCUT2D eigenvalue weighted by Crippen LogP contribution is -2.45. The molecule has 0 bridgehead atoms. The average Bonchev–Trinajstić information content (AvgIpc) is 2.40. The zero-order chi connectivity index (χ0) is 7.40. The van der Waals surface area contributed by atoms with Crippen molar-refractivity contribution in [1.82, 2.24) is 16.1 Å². The van der Waals surface area contributed by atoms with Crippen molar-refractivity contribution in [2.24, 2.45) is 5.84 Å². The summed E-state index contributed by atoms with van der Waals surface area (Å²) in [7, 11) is 0. The highest BCUT2D eigenvalue weighted by atomic mass is 32.1. The second-order valence-corrected chi connectivity index (χ2v) is 2.72. The van der Waals surface area contributed by atoms with Gasteiger partial charge in [0.1, 0.15) is 0 Å². The predicted molar refractivity (Wildman–Crippen MR) is 44.3 cm³/mol. The molecule has 1 fully saturated rings. The molecule has 0 spiro atoms. The first kappa shape index (κ1) is 7.71. The molecule has 0 amide bonds. The molecule has 0 aromatic carbocycles. The van der Waals surface area contributed by atoms with Gasteiger partial charge in [0.05, 0.1) is 0 Å². The maximum Gasteiger partial charge on any atom is 0.180 e. The fraction of sp³-hybridized carbons (Fsp3) is 0.800. The molecule has 1 unspecified atom stereocenters. The van der Waals surface area contributed by atoms with Crippen LogP contribution < -0.4 is 21.9 Å². The predicted octanol–water partition coefficient (Wildman–Crippen LogP) is -1.31. The minimum Gasteiger partial charge on any atom is -0.358 e. The summed E-state index contributed by atoms with van der Waals surface area (Å²) >= 11 is 4.82. The van der Waals surface area contributed by atoms with Crippen LogP contribution in [-0.2, 0) is 0 Å². The Labute approximate surface area is 65.5 Å². The van der Waals surface area contributed by atoms with Gasteiger partial charge in [0.25, 0.3) is 0 Å².